The van der Waals surface area contributed by atoms with Crippen molar-refractivity contribution in [2.45, 2.75) is 6.92 Å². The summed E-state index contributed by atoms with van der Waals surface area (Å²) in [5.41, 5.74) is -0.587. The van der Waals surface area contributed by atoms with Gasteiger partial charge in [0.1, 0.15) is 23.7 Å². The van der Waals surface area contributed by atoms with Crippen LogP contribution in [-0.2, 0) is 9.53 Å². The predicted octanol–water partition coefficient (Wildman–Crippen LogP) is 2.35. The van der Waals surface area contributed by atoms with Crippen molar-refractivity contribution >= 4 is 17.6 Å². The third-order valence-electron chi connectivity index (χ3n) is 3.48. The van der Waals surface area contributed by atoms with E-state index in [1.165, 1.54) is 24.3 Å². The fraction of sp³-hybridized carbons (Fsp3) is 0.263. The van der Waals surface area contributed by atoms with Crippen molar-refractivity contribution in [2.75, 3.05) is 26.4 Å². The van der Waals surface area contributed by atoms with Crippen molar-refractivity contribution in [3.8, 4) is 11.5 Å². The lowest BCUT2D eigenvalue weighted by atomic mass is 10.2. The molecule has 0 spiro atoms. The van der Waals surface area contributed by atoms with Gasteiger partial charge in [0, 0.05) is 6.07 Å². The van der Waals surface area contributed by atoms with Crippen molar-refractivity contribution in [1.29, 1.82) is 0 Å². The highest BCUT2D eigenvalue weighted by Crippen LogP contribution is 2.18. The maximum atomic E-state index is 11.9. The monoisotopic (exact) mass is 388 g/mol. The minimum absolute atomic E-state index is 0.203. The van der Waals surface area contributed by atoms with Crippen LogP contribution in [0.25, 0.3) is 0 Å². The molecule has 0 aromatic heterocycles. The summed E-state index contributed by atoms with van der Waals surface area (Å²) >= 11 is 0. The highest BCUT2D eigenvalue weighted by atomic mass is 16.6. The van der Waals surface area contributed by atoms with Gasteiger partial charge < -0.3 is 19.5 Å². The predicted molar refractivity (Wildman–Crippen MR) is 99.5 cm³/mol. The first-order valence-electron chi connectivity index (χ1n) is 8.54. The fourth-order valence-corrected chi connectivity index (χ4v) is 2.22. The van der Waals surface area contributed by atoms with Crippen molar-refractivity contribution in [3.63, 3.8) is 0 Å². The van der Waals surface area contributed by atoms with Crippen LogP contribution in [-0.4, -0.2) is 43.2 Å². The number of rotatable bonds is 10. The van der Waals surface area contributed by atoms with Gasteiger partial charge in [-0.2, -0.15) is 0 Å². The van der Waals surface area contributed by atoms with Crippen LogP contribution in [0.2, 0.25) is 0 Å². The van der Waals surface area contributed by atoms with Crippen LogP contribution in [0.1, 0.15) is 17.3 Å². The molecule has 0 unspecified atom stereocenters. The maximum absolute atomic E-state index is 11.9. The Kier molecular flexibility index (Phi) is 7.77. The molecule has 0 atom stereocenters. The Morgan fingerprint density at radius 3 is 2.32 bits per heavy atom. The molecule has 0 saturated heterocycles. The Morgan fingerprint density at radius 2 is 1.68 bits per heavy atom. The normalized spacial score (nSPS) is 10.0. The number of nitro groups is 1. The second-order valence-corrected chi connectivity index (χ2v) is 5.45. The van der Waals surface area contributed by atoms with E-state index < -0.39 is 23.4 Å². The summed E-state index contributed by atoms with van der Waals surface area (Å²) in [5, 5.41) is 13.4. The summed E-state index contributed by atoms with van der Waals surface area (Å²) in [4.78, 5) is 33.9. The van der Waals surface area contributed by atoms with Gasteiger partial charge >= 0.3 is 5.97 Å². The van der Waals surface area contributed by atoms with Crippen molar-refractivity contribution in [1.82, 2.24) is 5.32 Å². The zero-order chi connectivity index (χ0) is 20.4. The Labute approximate surface area is 161 Å². The molecule has 0 saturated carbocycles. The third kappa shape index (κ3) is 6.27. The SMILES string of the molecule is CCOc1ccc(OCCNC(=O)COC(=O)c2ccccc2[N+](=O)[O-])cc1. The average Bonchev–Trinajstić information content (AvgIpc) is 2.70. The average molecular weight is 388 g/mol. The van der Waals surface area contributed by atoms with Gasteiger partial charge in [0.25, 0.3) is 11.6 Å². The topological polar surface area (TPSA) is 117 Å². The quantitative estimate of drug-likeness (QED) is 0.287. The number of nitro benzene ring substituents is 1. The molecule has 9 nitrogen and oxygen atoms in total. The summed E-state index contributed by atoms with van der Waals surface area (Å²) in [5.74, 6) is -0.112. The molecule has 28 heavy (non-hydrogen) atoms. The molecule has 0 fully saturated rings. The van der Waals surface area contributed by atoms with E-state index in [0.717, 1.165) is 5.75 Å². The Hall–Kier alpha value is -3.62. The Morgan fingerprint density at radius 1 is 1.04 bits per heavy atom. The summed E-state index contributed by atoms with van der Waals surface area (Å²) in [6.45, 7) is 2.35. The zero-order valence-electron chi connectivity index (χ0n) is 15.3. The van der Waals surface area contributed by atoms with Gasteiger partial charge in [0.05, 0.1) is 18.1 Å². The number of hydrogen-bond donors (Lipinski definition) is 1. The molecule has 0 aliphatic heterocycles. The largest absolute Gasteiger partial charge is 0.494 e. The molecular formula is C19H20N2O7. The number of hydrogen-bond acceptors (Lipinski definition) is 7. The molecule has 9 heteroatoms. The first-order chi connectivity index (χ1) is 13.5. The van der Waals surface area contributed by atoms with Crippen molar-refractivity contribution in [2.24, 2.45) is 0 Å². The van der Waals surface area contributed by atoms with E-state index in [2.05, 4.69) is 5.32 Å². The van der Waals surface area contributed by atoms with Crippen LogP contribution in [0.3, 0.4) is 0 Å². The number of nitrogens with zero attached hydrogens (tertiary/aromatic N) is 1. The smallest absolute Gasteiger partial charge is 0.345 e. The van der Waals surface area contributed by atoms with Gasteiger partial charge in [-0.05, 0) is 37.3 Å². The van der Waals surface area contributed by atoms with Crippen LogP contribution in [0.5, 0.6) is 11.5 Å². The molecule has 0 bridgehead atoms. The third-order valence-corrected chi connectivity index (χ3v) is 3.48. The van der Waals surface area contributed by atoms with E-state index in [1.807, 2.05) is 6.92 Å². The lowest BCUT2D eigenvalue weighted by Gasteiger charge is -2.09. The molecule has 2 aromatic carbocycles. The lowest BCUT2D eigenvalue weighted by Crippen LogP contribution is -2.32. The van der Waals surface area contributed by atoms with Gasteiger partial charge in [-0.15, -0.1) is 0 Å². The molecule has 0 aliphatic carbocycles. The van der Waals surface area contributed by atoms with Crippen LogP contribution >= 0.6 is 0 Å². The Bertz CT molecular complexity index is 821. The molecule has 1 N–H and O–H groups in total. The van der Waals surface area contributed by atoms with E-state index in [1.54, 1.807) is 24.3 Å². The van der Waals surface area contributed by atoms with E-state index in [-0.39, 0.29) is 24.4 Å². The first kappa shape index (κ1) is 20.7. The van der Waals surface area contributed by atoms with Crippen LogP contribution in [0.4, 0.5) is 5.69 Å². The van der Waals surface area contributed by atoms with Gasteiger partial charge in [0.2, 0.25) is 0 Å². The molecule has 2 aromatic rings. The highest BCUT2D eigenvalue weighted by Gasteiger charge is 2.21. The molecule has 148 valence electrons. The number of nitrogens with one attached hydrogen (secondary N) is 1. The number of esters is 1. The van der Waals surface area contributed by atoms with Crippen molar-refractivity contribution < 1.29 is 28.7 Å². The minimum atomic E-state index is -0.937. The van der Waals surface area contributed by atoms with Crippen LogP contribution in [0.15, 0.2) is 48.5 Å². The summed E-state index contributed by atoms with van der Waals surface area (Å²) < 4.78 is 15.6. The number of para-hydroxylation sites is 1. The maximum Gasteiger partial charge on any atom is 0.345 e. The first-order valence-corrected chi connectivity index (χ1v) is 8.54. The molecule has 2 rings (SSSR count). The van der Waals surface area contributed by atoms with Crippen molar-refractivity contribution in [3.05, 3.63) is 64.2 Å². The molecule has 0 radical (unpaired) electrons. The second-order valence-electron chi connectivity index (χ2n) is 5.45. The molecule has 0 heterocycles. The number of amides is 1. The number of ether oxygens (including phenoxy) is 3. The fourth-order valence-electron chi connectivity index (χ4n) is 2.22. The summed E-state index contributed by atoms with van der Waals surface area (Å²) in [6, 6.07) is 12.4. The van der Waals surface area contributed by atoms with E-state index in [9.17, 15) is 19.7 Å². The van der Waals surface area contributed by atoms with Gasteiger partial charge in [0.15, 0.2) is 6.61 Å². The van der Waals surface area contributed by atoms with Gasteiger partial charge in [-0.3, -0.25) is 14.9 Å². The lowest BCUT2D eigenvalue weighted by molar-refractivity contribution is -0.385. The second kappa shape index (κ2) is 10.5. The summed E-state index contributed by atoms with van der Waals surface area (Å²) in [7, 11) is 0. The van der Waals surface area contributed by atoms with E-state index >= 15 is 0 Å². The highest BCUT2D eigenvalue weighted by molar-refractivity contribution is 5.95. The van der Waals surface area contributed by atoms with E-state index in [4.69, 9.17) is 14.2 Å². The number of carbonyl (C=O) groups is 2. The van der Waals surface area contributed by atoms with Gasteiger partial charge in [-0.1, -0.05) is 12.1 Å². The Balaban J connectivity index is 1.70. The van der Waals surface area contributed by atoms with Crippen LogP contribution < -0.4 is 14.8 Å². The van der Waals surface area contributed by atoms with E-state index in [0.29, 0.717) is 12.4 Å². The number of carbonyl (C=O) groups excluding carboxylic acids is 2. The van der Waals surface area contributed by atoms with Crippen LogP contribution in [0, 0.1) is 10.1 Å². The molecule has 0 aliphatic rings. The summed E-state index contributed by atoms with van der Waals surface area (Å²) in [6.07, 6.45) is 0. The zero-order valence-corrected chi connectivity index (χ0v) is 15.3. The minimum Gasteiger partial charge on any atom is -0.494 e. The number of benzene rings is 2. The van der Waals surface area contributed by atoms with Gasteiger partial charge in [-0.25, -0.2) is 4.79 Å². The standard InChI is InChI=1S/C19H20N2O7/c1-2-26-14-7-9-15(10-8-14)27-12-11-20-18(22)13-28-19(23)16-5-3-4-6-17(16)21(24)25/h3-10H,2,11-13H2,1H3,(H,20,22). The molecule has 1 amide bonds. The molecular weight excluding hydrogens is 368 g/mol.